The van der Waals surface area contributed by atoms with Gasteiger partial charge in [0.05, 0.1) is 17.7 Å². The smallest absolute Gasteiger partial charge is 0.324 e. The molecule has 0 fully saturated rings. The topological polar surface area (TPSA) is 50.9 Å². The molecule has 1 aromatic heterocycles. The van der Waals surface area contributed by atoms with Crippen LogP contribution in [0, 0.1) is 5.82 Å². The first kappa shape index (κ1) is 14.3. The monoisotopic (exact) mass is 291 g/mol. The second-order valence-corrected chi connectivity index (χ2v) is 4.14. The van der Waals surface area contributed by atoms with Crippen LogP contribution in [0.2, 0.25) is 0 Å². The zero-order chi connectivity index (χ0) is 14.9. The lowest BCUT2D eigenvalue weighted by molar-refractivity contribution is -0.117. The number of pyridine rings is 1. The van der Waals surface area contributed by atoms with Gasteiger partial charge in [0.2, 0.25) is 0 Å². The fourth-order valence-electron chi connectivity index (χ4n) is 1.69. The number of fused-ring (bicyclic) bond motifs is 1. The van der Waals surface area contributed by atoms with Crippen LogP contribution in [0.3, 0.4) is 0 Å². The third-order valence-corrected chi connectivity index (χ3v) is 2.70. The highest BCUT2D eigenvalue weighted by atomic mass is 19.3. The molecule has 20 heavy (non-hydrogen) atoms. The average molecular weight is 291 g/mol. The van der Waals surface area contributed by atoms with E-state index in [1.807, 2.05) is 5.32 Å². The van der Waals surface area contributed by atoms with Crippen molar-refractivity contribution in [3.8, 4) is 0 Å². The van der Waals surface area contributed by atoms with Crippen molar-refractivity contribution in [1.29, 1.82) is 0 Å². The second-order valence-electron chi connectivity index (χ2n) is 4.14. The maximum Gasteiger partial charge on any atom is 0.324 e. The Morgan fingerprint density at radius 1 is 1.35 bits per heavy atom. The number of alkyl halides is 4. The molecular formula is C12H10F5N3. The quantitative estimate of drug-likeness (QED) is 0.671. The molecule has 0 saturated heterocycles. The van der Waals surface area contributed by atoms with Crippen molar-refractivity contribution in [3.05, 3.63) is 30.2 Å². The Morgan fingerprint density at radius 3 is 2.70 bits per heavy atom. The summed E-state index contributed by atoms with van der Waals surface area (Å²) in [6.07, 6.45) is -2.52. The number of nitrogens with one attached hydrogen (secondary N) is 1. The Morgan fingerprint density at radius 2 is 2.05 bits per heavy atom. The zero-order valence-electron chi connectivity index (χ0n) is 10.0. The van der Waals surface area contributed by atoms with Crippen LogP contribution in [0.25, 0.3) is 10.9 Å². The molecule has 0 bridgehead atoms. The number of halogens is 5. The Hall–Kier alpha value is -2.12. The van der Waals surface area contributed by atoms with Crippen LogP contribution < -0.4 is 11.1 Å². The highest BCUT2D eigenvalue weighted by Crippen LogP contribution is 2.31. The molecule has 0 spiro atoms. The first-order valence-electron chi connectivity index (χ1n) is 5.55. The van der Waals surface area contributed by atoms with E-state index >= 15 is 0 Å². The highest BCUT2D eigenvalue weighted by molar-refractivity contribution is 5.98. The predicted molar refractivity (Wildman–Crippen MR) is 65.6 cm³/mol. The van der Waals surface area contributed by atoms with E-state index in [4.69, 9.17) is 5.73 Å². The Bertz CT molecular complexity index is 630. The highest BCUT2D eigenvalue weighted by Gasteiger charge is 2.40. The van der Waals surface area contributed by atoms with Gasteiger partial charge in [-0.05, 0) is 18.2 Å². The number of aromatic nitrogens is 1. The van der Waals surface area contributed by atoms with Gasteiger partial charge in [-0.2, -0.15) is 8.78 Å². The molecule has 2 aromatic rings. The van der Waals surface area contributed by atoms with Crippen LogP contribution in [0.4, 0.5) is 33.3 Å². The van der Waals surface area contributed by atoms with E-state index in [0.29, 0.717) is 5.39 Å². The van der Waals surface area contributed by atoms with Crippen molar-refractivity contribution >= 4 is 22.3 Å². The number of hydrogen-bond acceptors (Lipinski definition) is 3. The fraction of sp³-hybridized carbons (Fsp3) is 0.250. The molecule has 3 N–H and O–H groups in total. The zero-order valence-corrected chi connectivity index (χ0v) is 10.0. The van der Waals surface area contributed by atoms with Crippen LogP contribution in [-0.4, -0.2) is 23.9 Å². The van der Waals surface area contributed by atoms with Gasteiger partial charge in [0.15, 0.2) is 5.82 Å². The summed E-state index contributed by atoms with van der Waals surface area (Å²) < 4.78 is 63.6. The molecular weight excluding hydrogens is 281 g/mol. The van der Waals surface area contributed by atoms with Gasteiger partial charge in [-0.1, -0.05) is 0 Å². The summed E-state index contributed by atoms with van der Waals surface area (Å²) in [5.74, 6) is -5.20. The van der Waals surface area contributed by atoms with Crippen LogP contribution in [-0.2, 0) is 0 Å². The normalized spacial score (nSPS) is 12.1. The van der Waals surface area contributed by atoms with E-state index in [9.17, 15) is 22.0 Å². The molecule has 2 rings (SSSR count). The second kappa shape index (κ2) is 5.10. The number of hydrogen-bond donors (Lipinski definition) is 2. The van der Waals surface area contributed by atoms with E-state index in [2.05, 4.69) is 4.98 Å². The standard InChI is InChI=1S/C12H10F5N3/c13-7-4-8(18)6-2-1-3-19-9(6)10(7)20-5-12(16,17)11(14)15/h1-4,11,20H,5,18H2. The third-order valence-electron chi connectivity index (χ3n) is 2.70. The average Bonchev–Trinajstić information content (AvgIpc) is 2.38. The van der Waals surface area contributed by atoms with Crippen molar-refractivity contribution < 1.29 is 22.0 Å². The minimum atomic E-state index is -4.27. The Labute approximate surface area is 110 Å². The third kappa shape index (κ3) is 2.59. The predicted octanol–water partition coefficient (Wildman–Crippen LogP) is 3.27. The van der Waals surface area contributed by atoms with Crippen molar-refractivity contribution in [3.63, 3.8) is 0 Å². The van der Waals surface area contributed by atoms with Crippen LogP contribution in [0.5, 0.6) is 0 Å². The summed E-state index contributed by atoms with van der Waals surface area (Å²) in [5.41, 5.74) is 5.29. The molecule has 3 nitrogen and oxygen atoms in total. The molecule has 0 amide bonds. The molecule has 0 saturated carbocycles. The van der Waals surface area contributed by atoms with Gasteiger partial charge in [-0.25, -0.2) is 13.2 Å². The Balaban J connectivity index is 2.40. The number of nitrogen functional groups attached to an aromatic ring is 1. The lowest BCUT2D eigenvalue weighted by Crippen LogP contribution is -2.35. The molecule has 8 heteroatoms. The number of anilines is 2. The van der Waals surface area contributed by atoms with Gasteiger partial charge in [-0.15, -0.1) is 0 Å². The molecule has 0 atom stereocenters. The van der Waals surface area contributed by atoms with E-state index in [-0.39, 0.29) is 16.9 Å². The van der Waals surface area contributed by atoms with Gasteiger partial charge in [-0.3, -0.25) is 4.98 Å². The number of rotatable bonds is 4. The first-order valence-corrected chi connectivity index (χ1v) is 5.55. The molecule has 0 radical (unpaired) electrons. The maximum atomic E-state index is 13.7. The molecule has 1 heterocycles. The van der Waals surface area contributed by atoms with Gasteiger partial charge in [0.1, 0.15) is 0 Å². The molecule has 0 unspecified atom stereocenters. The summed E-state index contributed by atoms with van der Waals surface area (Å²) in [6.45, 7) is -1.41. The minimum Gasteiger partial charge on any atom is -0.398 e. The summed E-state index contributed by atoms with van der Waals surface area (Å²) in [6, 6.07) is 3.98. The Kier molecular flexibility index (Phi) is 3.65. The van der Waals surface area contributed by atoms with Gasteiger partial charge in [0, 0.05) is 17.3 Å². The van der Waals surface area contributed by atoms with Crippen LogP contribution in [0.1, 0.15) is 0 Å². The van der Waals surface area contributed by atoms with Gasteiger partial charge >= 0.3 is 12.3 Å². The van der Waals surface area contributed by atoms with Crippen molar-refractivity contribution in [2.75, 3.05) is 17.6 Å². The van der Waals surface area contributed by atoms with E-state index in [0.717, 1.165) is 6.07 Å². The van der Waals surface area contributed by atoms with Crippen molar-refractivity contribution in [2.45, 2.75) is 12.3 Å². The van der Waals surface area contributed by atoms with Crippen molar-refractivity contribution in [1.82, 2.24) is 4.98 Å². The molecule has 1 aromatic carbocycles. The molecule has 0 aliphatic carbocycles. The summed E-state index contributed by atoms with van der Waals surface area (Å²) >= 11 is 0. The van der Waals surface area contributed by atoms with E-state index < -0.39 is 24.7 Å². The SMILES string of the molecule is Nc1cc(F)c(NCC(F)(F)C(F)F)c2ncccc12. The molecule has 108 valence electrons. The maximum absolute atomic E-state index is 13.7. The minimum absolute atomic E-state index is 0.00932. The van der Waals surface area contributed by atoms with Crippen molar-refractivity contribution in [2.24, 2.45) is 0 Å². The van der Waals surface area contributed by atoms with Crippen LogP contribution in [0.15, 0.2) is 24.4 Å². The number of nitrogens with zero attached hydrogens (tertiary/aromatic N) is 1. The summed E-state index contributed by atoms with van der Waals surface area (Å²) in [7, 11) is 0. The first-order chi connectivity index (χ1) is 9.33. The van der Waals surface area contributed by atoms with E-state index in [1.165, 1.54) is 18.3 Å². The summed E-state index contributed by atoms with van der Waals surface area (Å²) in [4.78, 5) is 3.83. The largest absolute Gasteiger partial charge is 0.398 e. The lowest BCUT2D eigenvalue weighted by atomic mass is 10.1. The molecule has 0 aliphatic heterocycles. The van der Waals surface area contributed by atoms with Gasteiger partial charge < -0.3 is 11.1 Å². The summed E-state index contributed by atoms with van der Waals surface area (Å²) in [5, 5.41) is 2.33. The lowest BCUT2D eigenvalue weighted by Gasteiger charge is -2.18. The van der Waals surface area contributed by atoms with Crippen LogP contribution >= 0.6 is 0 Å². The fourth-order valence-corrected chi connectivity index (χ4v) is 1.69. The van der Waals surface area contributed by atoms with Gasteiger partial charge in [0.25, 0.3) is 0 Å². The number of benzene rings is 1. The molecule has 0 aliphatic rings. The number of nitrogens with two attached hydrogens (primary N) is 1. The van der Waals surface area contributed by atoms with E-state index in [1.54, 1.807) is 0 Å².